The standard InChI is InChI=1S/C10H15N5O/c1-6(2)15-5-11-7-8(15)12-10(14(3)4)13-9(7)16/h5-6H,1-4H3,(H,12,13,16). The molecule has 0 saturated heterocycles. The van der Waals surface area contributed by atoms with Crippen molar-refractivity contribution < 1.29 is 0 Å². The van der Waals surface area contributed by atoms with Gasteiger partial charge in [-0.1, -0.05) is 0 Å². The van der Waals surface area contributed by atoms with Crippen LogP contribution in [0.3, 0.4) is 0 Å². The molecule has 0 aliphatic heterocycles. The van der Waals surface area contributed by atoms with Gasteiger partial charge < -0.3 is 9.47 Å². The van der Waals surface area contributed by atoms with E-state index in [1.54, 1.807) is 11.2 Å². The summed E-state index contributed by atoms with van der Waals surface area (Å²) < 4.78 is 1.89. The number of nitrogens with zero attached hydrogens (tertiary/aromatic N) is 4. The summed E-state index contributed by atoms with van der Waals surface area (Å²) in [5.74, 6) is 0.542. The summed E-state index contributed by atoms with van der Waals surface area (Å²) in [5, 5.41) is 0. The molecule has 0 spiro atoms. The molecule has 0 bridgehead atoms. The lowest BCUT2D eigenvalue weighted by molar-refractivity contribution is 0.612. The minimum atomic E-state index is -0.201. The SMILES string of the molecule is CC(C)n1cnc2c(=O)[nH]c(N(C)C)nc21. The highest BCUT2D eigenvalue weighted by Crippen LogP contribution is 2.13. The maximum atomic E-state index is 11.7. The number of hydrogen-bond acceptors (Lipinski definition) is 4. The van der Waals surface area contributed by atoms with E-state index >= 15 is 0 Å². The summed E-state index contributed by atoms with van der Waals surface area (Å²) in [4.78, 5) is 24.7. The van der Waals surface area contributed by atoms with Crippen LogP contribution in [0.25, 0.3) is 11.2 Å². The average Bonchev–Trinajstić information content (AvgIpc) is 2.61. The minimum Gasteiger partial charge on any atom is -0.348 e. The Labute approximate surface area is 92.9 Å². The van der Waals surface area contributed by atoms with Gasteiger partial charge in [0.15, 0.2) is 11.2 Å². The average molecular weight is 221 g/mol. The summed E-state index contributed by atoms with van der Waals surface area (Å²) in [6.07, 6.45) is 1.65. The first-order chi connectivity index (χ1) is 7.50. The van der Waals surface area contributed by atoms with Gasteiger partial charge in [-0.25, -0.2) is 4.98 Å². The lowest BCUT2D eigenvalue weighted by Gasteiger charge is -2.11. The maximum absolute atomic E-state index is 11.7. The number of H-pyrrole nitrogens is 1. The van der Waals surface area contributed by atoms with Crippen molar-refractivity contribution >= 4 is 17.1 Å². The summed E-state index contributed by atoms with van der Waals surface area (Å²) in [5.41, 5.74) is 0.815. The van der Waals surface area contributed by atoms with Gasteiger partial charge in [-0.05, 0) is 13.8 Å². The third kappa shape index (κ3) is 1.56. The van der Waals surface area contributed by atoms with Crippen LogP contribution in [-0.4, -0.2) is 33.6 Å². The van der Waals surface area contributed by atoms with Crippen molar-refractivity contribution in [1.82, 2.24) is 19.5 Å². The Balaban J connectivity index is 2.76. The van der Waals surface area contributed by atoms with Gasteiger partial charge in [0.05, 0.1) is 6.33 Å². The molecule has 2 aromatic rings. The fourth-order valence-corrected chi connectivity index (χ4v) is 1.50. The van der Waals surface area contributed by atoms with Crippen LogP contribution in [0.4, 0.5) is 5.95 Å². The molecule has 2 aromatic heterocycles. The third-order valence-corrected chi connectivity index (χ3v) is 2.40. The van der Waals surface area contributed by atoms with Gasteiger partial charge in [-0.15, -0.1) is 0 Å². The van der Waals surface area contributed by atoms with Crippen LogP contribution >= 0.6 is 0 Å². The number of fused-ring (bicyclic) bond motifs is 1. The number of anilines is 1. The molecule has 6 heteroatoms. The topological polar surface area (TPSA) is 66.8 Å². The zero-order chi connectivity index (χ0) is 11.9. The predicted octanol–water partition coefficient (Wildman–Crippen LogP) is 0.766. The fourth-order valence-electron chi connectivity index (χ4n) is 1.50. The van der Waals surface area contributed by atoms with Crippen LogP contribution in [0.5, 0.6) is 0 Å². The smallest absolute Gasteiger partial charge is 0.280 e. The van der Waals surface area contributed by atoms with Gasteiger partial charge in [0.25, 0.3) is 5.56 Å². The van der Waals surface area contributed by atoms with Crippen molar-refractivity contribution in [3.8, 4) is 0 Å². The van der Waals surface area contributed by atoms with Crippen LogP contribution in [0, 0.1) is 0 Å². The predicted molar refractivity (Wildman–Crippen MR) is 62.9 cm³/mol. The highest BCUT2D eigenvalue weighted by molar-refractivity contribution is 5.71. The zero-order valence-corrected chi connectivity index (χ0v) is 9.85. The summed E-state index contributed by atoms with van der Waals surface area (Å²) in [7, 11) is 3.67. The van der Waals surface area contributed by atoms with Crippen molar-refractivity contribution in [2.75, 3.05) is 19.0 Å². The van der Waals surface area contributed by atoms with E-state index in [-0.39, 0.29) is 11.6 Å². The van der Waals surface area contributed by atoms with E-state index in [9.17, 15) is 4.79 Å². The van der Waals surface area contributed by atoms with E-state index in [1.807, 2.05) is 32.5 Å². The molecule has 0 radical (unpaired) electrons. The van der Waals surface area contributed by atoms with Crippen molar-refractivity contribution in [2.45, 2.75) is 19.9 Å². The molecule has 0 aliphatic rings. The van der Waals surface area contributed by atoms with Crippen molar-refractivity contribution in [3.63, 3.8) is 0 Å². The molecule has 0 atom stereocenters. The molecular weight excluding hydrogens is 206 g/mol. The molecule has 2 rings (SSSR count). The Bertz CT molecular complexity index is 566. The second kappa shape index (κ2) is 3.62. The fraction of sp³-hybridized carbons (Fsp3) is 0.500. The molecule has 0 amide bonds. The normalized spacial score (nSPS) is 11.3. The van der Waals surface area contributed by atoms with Crippen LogP contribution in [0.2, 0.25) is 0 Å². The van der Waals surface area contributed by atoms with E-state index in [0.29, 0.717) is 17.1 Å². The molecule has 0 unspecified atom stereocenters. The van der Waals surface area contributed by atoms with Gasteiger partial charge >= 0.3 is 0 Å². The molecule has 16 heavy (non-hydrogen) atoms. The third-order valence-electron chi connectivity index (χ3n) is 2.40. The van der Waals surface area contributed by atoms with E-state index in [4.69, 9.17) is 0 Å². The second-order valence-electron chi connectivity index (χ2n) is 4.20. The Morgan fingerprint density at radius 2 is 2.12 bits per heavy atom. The lowest BCUT2D eigenvalue weighted by Crippen LogP contribution is -2.19. The van der Waals surface area contributed by atoms with Gasteiger partial charge in [-0.2, -0.15) is 4.98 Å². The Kier molecular flexibility index (Phi) is 2.41. The minimum absolute atomic E-state index is 0.201. The largest absolute Gasteiger partial charge is 0.348 e. The summed E-state index contributed by atoms with van der Waals surface area (Å²) in [6, 6.07) is 0.231. The first-order valence-electron chi connectivity index (χ1n) is 5.15. The van der Waals surface area contributed by atoms with Crippen LogP contribution in [0.15, 0.2) is 11.1 Å². The monoisotopic (exact) mass is 221 g/mol. The Morgan fingerprint density at radius 3 is 2.69 bits per heavy atom. The van der Waals surface area contributed by atoms with Gasteiger partial charge in [0, 0.05) is 20.1 Å². The second-order valence-corrected chi connectivity index (χ2v) is 4.20. The lowest BCUT2D eigenvalue weighted by atomic mass is 10.4. The molecule has 0 aromatic carbocycles. The number of imidazole rings is 1. The Morgan fingerprint density at radius 1 is 1.44 bits per heavy atom. The summed E-state index contributed by atoms with van der Waals surface area (Å²) in [6.45, 7) is 4.05. The van der Waals surface area contributed by atoms with E-state index < -0.39 is 0 Å². The first-order valence-corrected chi connectivity index (χ1v) is 5.15. The number of hydrogen-bond donors (Lipinski definition) is 1. The zero-order valence-electron chi connectivity index (χ0n) is 9.85. The Hall–Kier alpha value is -1.85. The quantitative estimate of drug-likeness (QED) is 0.813. The molecule has 0 aliphatic carbocycles. The molecule has 2 heterocycles. The van der Waals surface area contributed by atoms with Crippen LogP contribution < -0.4 is 10.5 Å². The van der Waals surface area contributed by atoms with Crippen LogP contribution in [0.1, 0.15) is 19.9 Å². The van der Waals surface area contributed by atoms with Crippen molar-refractivity contribution in [1.29, 1.82) is 0 Å². The highest BCUT2D eigenvalue weighted by atomic mass is 16.1. The van der Waals surface area contributed by atoms with Crippen molar-refractivity contribution in [2.24, 2.45) is 0 Å². The number of rotatable bonds is 2. The summed E-state index contributed by atoms with van der Waals surface area (Å²) >= 11 is 0. The number of aromatic amines is 1. The number of aromatic nitrogens is 4. The van der Waals surface area contributed by atoms with Gasteiger partial charge in [0.1, 0.15) is 0 Å². The van der Waals surface area contributed by atoms with E-state index in [2.05, 4.69) is 15.0 Å². The molecular formula is C10H15N5O. The maximum Gasteiger partial charge on any atom is 0.280 e. The highest BCUT2D eigenvalue weighted by Gasteiger charge is 2.12. The van der Waals surface area contributed by atoms with Gasteiger partial charge in [-0.3, -0.25) is 9.78 Å². The number of nitrogens with one attached hydrogen (secondary N) is 1. The van der Waals surface area contributed by atoms with E-state index in [1.165, 1.54) is 0 Å². The first kappa shape index (κ1) is 10.7. The van der Waals surface area contributed by atoms with Crippen LogP contribution in [-0.2, 0) is 0 Å². The molecule has 0 saturated carbocycles. The molecule has 86 valence electrons. The molecule has 6 nitrogen and oxygen atoms in total. The van der Waals surface area contributed by atoms with Gasteiger partial charge in [0.2, 0.25) is 5.95 Å². The van der Waals surface area contributed by atoms with E-state index in [0.717, 1.165) is 0 Å². The molecule has 1 N–H and O–H groups in total. The van der Waals surface area contributed by atoms with Crippen molar-refractivity contribution in [3.05, 3.63) is 16.7 Å². The molecule has 0 fully saturated rings.